The molecule has 6 amide bonds. The quantitative estimate of drug-likeness (QED) is 0.0210. The Kier molecular flexibility index (Phi) is 25.0. The van der Waals surface area contributed by atoms with Crippen LogP contribution in [0, 0.1) is 17.8 Å². The van der Waals surface area contributed by atoms with Crippen LogP contribution in [0.1, 0.15) is 92.9 Å². The van der Waals surface area contributed by atoms with Crippen LogP contribution in [-0.4, -0.2) is 103 Å². The standard InChI is InChI=1S/C33H61N9O12/c1-18(2)15-52-28(46)14-10-24(32(50)53-16-19(3)4)39-40-27(45)13-9-23(31(49)41-42-33(51)54-17-20(5)6)37-26(44)12-7-21(34)30(48)38-22(29(36)47)8-11-25(35)43/h18-24,33,39,42,51H,7-17,34H2,1-6H3,(H2,35,43)(H2,36,47)(H,37,44)(H,38,48)(H,40,45)(H,41,49). The Hall–Kier alpha value is -4.44. The average molecular weight is 776 g/mol. The molecule has 0 aromatic heterocycles. The number of aliphatic hydroxyl groups excluding tert-OH is 1. The van der Waals surface area contributed by atoms with Crippen molar-refractivity contribution in [2.75, 3.05) is 19.8 Å². The number of aliphatic hydroxyl groups is 1. The molecule has 13 N–H and O–H groups in total. The molecule has 0 bridgehead atoms. The molecule has 0 aromatic carbocycles. The third-order valence-electron chi connectivity index (χ3n) is 7.02. The Bertz CT molecular complexity index is 1240. The Morgan fingerprint density at radius 2 is 1.15 bits per heavy atom. The second-order valence-corrected chi connectivity index (χ2v) is 13.9. The molecule has 54 heavy (non-hydrogen) atoms. The minimum absolute atomic E-state index is 0.0254. The highest BCUT2D eigenvalue weighted by Crippen LogP contribution is 2.07. The van der Waals surface area contributed by atoms with Crippen molar-refractivity contribution in [1.82, 2.24) is 32.3 Å². The number of primary amides is 2. The highest BCUT2D eigenvalue weighted by atomic mass is 16.6. The Morgan fingerprint density at radius 3 is 1.72 bits per heavy atom. The molecule has 0 heterocycles. The summed E-state index contributed by atoms with van der Waals surface area (Å²) < 4.78 is 15.6. The number of hydrogen-bond acceptors (Lipinski definition) is 15. The summed E-state index contributed by atoms with van der Waals surface area (Å²) in [5.74, 6) is -5.80. The maximum atomic E-state index is 13.0. The number of nitrogens with two attached hydrogens (primary N) is 3. The molecule has 0 spiro atoms. The monoisotopic (exact) mass is 775 g/mol. The van der Waals surface area contributed by atoms with Gasteiger partial charge in [-0.05, 0) is 43.4 Å². The molecule has 0 saturated carbocycles. The van der Waals surface area contributed by atoms with Gasteiger partial charge in [0.15, 0.2) is 0 Å². The van der Waals surface area contributed by atoms with E-state index in [9.17, 15) is 43.5 Å². The molecule has 0 aromatic rings. The topological polar surface area (TPSA) is 335 Å². The van der Waals surface area contributed by atoms with Gasteiger partial charge in [0.1, 0.15) is 18.1 Å². The lowest BCUT2D eigenvalue weighted by Crippen LogP contribution is -2.54. The van der Waals surface area contributed by atoms with Crippen LogP contribution in [0.2, 0.25) is 0 Å². The normalized spacial score (nSPS) is 14.0. The van der Waals surface area contributed by atoms with E-state index in [1.165, 1.54) is 0 Å². The predicted molar refractivity (Wildman–Crippen MR) is 192 cm³/mol. The first-order chi connectivity index (χ1) is 25.2. The van der Waals surface area contributed by atoms with E-state index in [2.05, 4.69) is 32.3 Å². The van der Waals surface area contributed by atoms with Crippen LogP contribution in [0.25, 0.3) is 0 Å². The lowest BCUT2D eigenvalue weighted by atomic mass is 10.1. The zero-order valence-corrected chi connectivity index (χ0v) is 32.1. The number of esters is 2. The van der Waals surface area contributed by atoms with Crippen LogP contribution in [0.3, 0.4) is 0 Å². The lowest BCUT2D eigenvalue weighted by Gasteiger charge is -2.22. The molecule has 0 fully saturated rings. The summed E-state index contributed by atoms with van der Waals surface area (Å²) in [5, 5.41) is 14.7. The van der Waals surface area contributed by atoms with Crippen LogP contribution in [0.15, 0.2) is 0 Å². The minimum atomic E-state index is -1.60. The van der Waals surface area contributed by atoms with E-state index in [4.69, 9.17) is 31.4 Å². The zero-order chi connectivity index (χ0) is 41.4. The van der Waals surface area contributed by atoms with Gasteiger partial charge in [0, 0.05) is 25.7 Å². The van der Waals surface area contributed by atoms with Crippen molar-refractivity contribution in [3.05, 3.63) is 0 Å². The smallest absolute Gasteiger partial charge is 0.324 e. The van der Waals surface area contributed by atoms with Gasteiger partial charge in [-0.25, -0.2) is 5.43 Å². The predicted octanol–water partition coefficient (Wildman–Crippen LogP) is -2.67. The van der Waals surface area contributed by atoms with Crippen LogP contribution in [0.4, 0.5) is 0 Å². The number of hydrazine groups is 2. The summed E-state index contributed by atoms with van der Waals surface area (Å²) in [5.41, 5.74) is 25.6. The van der Waals surface area contributed by atoms with Crippen molar-refractivity contribution in [2.45, 2.75) is 123 Å². The number of amides is 6. The van der Waals surface area contributed by atoms with Gasteiger partial charge < -0.3 is 47.2 Å². The lowest BCUT2D eigenvalue weighted by molar-refractivity contribution is -0.149. The van der Waals surface area contributed by atoms with Gasteiger partial charge in [-0.3, -0.25) is 49.2 Å². The number of hydrogen-bond donors (Lipinski definition) is 10. The molecule has 0 saturated heterocycles. The minimum Gasteiger partial charge on any atom is -0.465 e. The van der Waals surface area contributed by atoms with E-state index in [1.807, 2.05) is 41.5 Å². The second kappa shape index (κ2) is 27.2. The molecular weight excluding hydrogens is 714 g/mol. The van der Waals surface area contributed by atoms with Gasteiger partial charge in [-0.2, -0.15) is 5.43 Å². The third kappa shape index (κ3) is 24.7. The fraction of sp³-hybridized carbons (Fsp3) is 0.758. The maximum Gasteiger partial charge on any atom is 0.324 e. The molecule has 0 radical (unpaired) electrons. The largest absolute Gasteiger partial charge is 0.465 e. The van der Waals surface area contributed by atoms with Crippen LogP contribution < -0.4 is 49.5 Å². The van der Waals surface area contributed by atoms with Crippen molar-refractivity contribution in [3.8, 4) is 0 Å². The van der Waals surface area contributed by atoms with Gasteiger partial charge in [0.2, 0.25) is 35.9 Å². The molecule has 5 unspecified atom stereocenters. The van der Waals surface area contributed by atoms with E-state index in [0.29, 0.717) is 0 Å². The molecule has 0 aliphatic heterocycles. The van der Waals surface area contributed by atoms with E-state index in [1.54, 1.807) is 0 Å². The molecule has 21 nitrogen and oxygen atoms in total. The number of carbonyl (C=O) groups excluding carboxylic acids is 8. The zero-order valence-electron chi connectivity index (χ0n) is 32.1. The van der Waals surface area contributed by atoms with E-state index in [0.717, 1.165) is 0 Å². The van der Waals surface area contributed by atoms with Gasteiger partial charge in [0.25, 0.3) is 5.91 Å². The molecule has 0 rings (SSSR count). The van der Waals surface area contributed by atoms with Gasteiger partial charge >= 0.3 is 11.9 Å². The van der Waals surface area contributed by atoms with Crippen LogP contribution >= 0.6 is 0 Å². The number of rotatable bonds is 29. The summed E-state index contributed by atoms with van der Waals surface area (Å²) in [7, 11) is 0. The van der Waals surface area contributed by atoms with Gasteiger partial charge in [-0.1, -0.05) is 41.5 Å². The molecule has 21 heteroatoms. The first-order valence-electron chi connectivity index (χ1n) is 17.9. The number of nitrogens with one attached hydrogen (secondary N) is 6. The van der Waals surface area contributed by atoms with Crippen molar-refractivity contribution in [3.63, 3.8) is 0 Å². The summed E-state index contributed by atoms with van der Waals surface area (Å²) in [6, 6.07) is -4.99. The summed E-state index contributed by atoms with van der Waals surface area (Å²) in [6.45, 7) is 11.6. The first-order valence-corrected chi connectivity index (χ1v) is 17.9. The van der Waals surface area contributed by atoms with Gasteiger partial charge in [0.05, 0.1) is 25.9 Å². The van der Waals surface area contributed by atoms with Crippen molar-refractivity contribution < 1.29 is 57.7 Å². The van der Waals surface area contributed by atoms with Crippen molar-refractivity contribution in [2.24, 2.45) is 35.0 Å². The van der Waals surface area contributed by atoms with E-state index in [-0.39, 0.29) is 88.9 Å². The SMILES string of the molecule is CC(C)COC(=O)CCC(NNC(=O)CCC(NC(=O)CCC(N)C(=O)NC(CCC(N)=O)C(N)=O)C(=O)NNC(O)OCC(C)C)C(=O)OCC(C)C. The fourth-order valence-corrected chi connectivity index (χ4v) is 4.05. The third-order valence-corrected chi connectivity index (χ3v) is 7.02. The highest BCUT2D eigenvalue weighted by molar-refractivity contribution is 5.90. The Labute approximate surface area is 315 Å². The number of ether oxygens (including phenoxy) is 3. The average Bonchev–Trinajstić information content (AvgIpc) is 3.09. The first kappa shape index (κ1) is 49.6. The Morgan fingerprint density at radius 1 is 0.593 bits per heavy atom. The highest BCUT2D eigenvalue weighted by Gasteiger charge is 2.27. The number of carbonyl (C=O) groups is 8. The summed E-state index contributed by atoms with van der Waals surface area (Å²) in [6.07, 6.45) is -3.44. The molecular formula is C33H61N9O12. The van der Waals surface area contributed by atoms with Crippen LogP contribution in [0.5, 0.6) is 0 Å². The Balaban J connectivity index is 5.51. The molecule has 0 aliphatic rings. The second-order valence-electron chi connectivity index (χ2n) is 13.9. The molecule has 5 atom stereocenters. The van der Waals surface area contributed by atoms with E-state index < -0.39 is 78.0 Å². The summed E-state index contributed by atoms with van der Waals surface area (Å²) in [4.78, 5) is 98.8. The van der Waals surface area contributed by atoms with Crippen molar-refractivity contribution in [1.29, 1.82) is 0 Å². The molecule has 310 valence electrons. The van der Waals surface area contributed by atoms with E-state index >= 15 is 0 Å². The van der Waals surface area contributed by atoms with Gasteiger partial charge in [-0.15, -0.1) is 0 Å². The van der Waals surface area contributed by atoms with Crippen LogP contribution in [-0.2, 0) is 52.6 Å². The maximum absolute atomic E-state index is 13.0. The van der Waals surface area contributed by atoms with Crippen molar-refractivity contribution >= 4 is 47.4 Å². The summed E-state index contributed by atoms with van der Waals surface area (Å²) >= 11 is 0. The molecule has 0 aliphatic carbocycles. The fourth-order valence-electron chi connectivity index (χ4n) is 4.05.